The maximum atomic E-state index is 16.0. The second-order valence-electron chi connectivity index (χ2n) is 11.2. The van der Waals surface area contributed by atoms with Gasteiger partial charge in [0.05, 0.1) is 18.2 Å². The molecule has 2 N–H and O–H groups in total. The number of para-hydroxylation sites is 1. The van der Waals surface area contributed by atoms with E-state index in [1.807, 2.05) is 19.3 Å². The van der Waals surface area contributed by atoms with Gasteiger partial charge in [0.1, 0.15) is 36.1 Å². The quantitative estimate of drug-likeness (QED) is 0.203. The van der Waals surface area contributed by atoms with Crippen LogP contribution in [0.3, 0.4) is 0 Å². The van der Waals surface area contributed by atoms with Crippen molar-refractivity contribution in [3.05, 3.63) is 101 Å². The Morgan fingerprint density at radius 1 is 1.02 bits per heavy atom. The van der Waals surface area contributed by atoms with E-state index in [-0.39, 0.29) is 19.6 Å². The highest BCUT2D eigenvalue weighted by molar-refractivity contribution is 5.72. The van der Waals surface area contributed by atoms with Crippen molar-refractivity contribution in [2.75, 3.05) is 0 Å². The van der Waals surface area contributed by atoms with Crippen LogP contribution in [0, 0.1) is 5.82 Å². The molecule has 0 bridgehead atoms. The van der Waals surface area contributed by atoms with Crippen LogP contribution in [0.1, 0.15) is 56.1 Å². The number of nitrogens with zero attached hydrogens (tertiary/aromatic N) is 2. The molecule has 9 nitrogen and oxygen atoms in total. The first-order chi connectivity index (χ1) is 20.4. The van der Waals surface area contributed by atoms with Crippen molar-refractivity contribution in [3.63, 3.8) is 0 Å². The molecule has 226 valence electrons. The first-order valence-electron chi connectivity index (χ1n) is 13.8. The molecule has 1 amide bonds. The summed E-state index contributed by atoms with van der Waals surface area (Å²) in [4.78, 5) is 23.6. The predicted octanol–water partition coefficient (Wildman–Crippen LogP) is 6.60. The minimum atomic E-state index is -0.964. The van der Waals surface area contributed by atoms with Crippen molar-refractivity contribution < 1.29 is 33.3 Å². The zero-order chi connectivity index (χ0) is 31.1. The van der Waals surface area contributed by atoms with Crippen LogP contribution in [0.4, 0.5) is 9.18 Å². The van der Waals surface area contributed by atoms with Crippen LogP contribution in [0.2, 0.25) is 0 Å². The number of nitrogens with one attached hydrogen (secondary N) is 1. The number of ether oxygens (including phenoxy) is 3. The normalized spacial score (nSPS) is 12.0. The largest absolute Gasteiger partial charge is 0.489 e. The lowest BCUT2D eigenvalue weighted by molar-refractivity contribution is -0.136. The van der Waals surface area contributed by atoms with Gasteiger partial charge in [0.2, 0.25) is 0 Å². The Bertz CT molecular complexity index is 1590. The summed E-state index contributed by atoms with van der Waals surface area (Å²) >= 11 is 0. The third-order valence-electron chi connectivity index (χ3n) is 6.37. The number of carbonyl (C=O) groups excluding carboxylic acids is 1. The molecule has 0 aliphatic rings. The first kappa shape index (κ1) is 31.1. The molecule has 1 aromatic heterocycles. The van der Waals surface area contributed by atoms with E-state index < -0.39 is 29.5 Å². The van der Waals surface area contributed by atoms with E-state index in [0.717, 1.165) is 5.69 Å². The summed E-state index contributed by atoms with van der Waals surface area (Å²) in [6.45, 7) is 7.24. The number of carboxylic acid groups (broad SMARTS) is 1. The summed E-state index contributed by atoms with van der Waals surface area (Å²) in [5.74, 6) is -0.535. The highest BCUT2D eigenvalue weighted by atomic mass is 19.1. The van der Waals surface area contributed by atoms with Gasteiger partial charge < -0.3 is 24.6 Å². The number of carbonyl (C=O) groups is 2. The fourth-order valence-electron chi connectivity index (χ4n) is 4.46. The average molecular weight is 590 g/mol. The monoisotopic (exact) mass is 589 g/mol. The minimum Gasteiger partial charge on any atom is -0.489 e. The van der Waals surface area contributed by atoms with Crippen LogP contribution in [0.15, 0.2) is 72.9 Å². The summed E-state index contributed by atoms with van der Waals surface area (Å²) in [7, 11) is 1.82. The fraction of sp³-hybridized carbons (Fsp3) is 0.303. The lowest BCUT2D eigenvalue weighted by Crippen LogP contribution is -2.34. The van der Waals surface area contributed by atoms with Crippen LogP contribution in [-0.4, -0.2) is 32.6 Å². The standard InChI is InChI=1S/C33H36FN3O6/c1-21(35-32(40)43-33(2,3)4)27-10-8-11-28(31(27)34)24-15-22(16-26(17-24)41-20-25-13-14-37(5)36-25)19-42-29-12-7-6-9-23(29)18-30(38)39/h6-17,21H,18-20H2,1-5H3,(H,35,40)(H,38,39). The van der Waals surface area contributed by atoms with E-state index in [4.69, 9.17) is 14.2 Å². The first-order valence-corrected chi connectivity index (χ1v) is 13.8. The second-order valence-corrected chi connectivity index (χ2v) is 11.2. The number of halogens is 1. The third-order valence-corrected chi connectivity index (χ3v) is 6.37. The number of alkyl carbamates (subject to hydrolysis) is 1. The topological polar surface area (TPSA) is 112 Å². The zero-order valence-electron chi connectivity index (χ0n) is 24.9. The van der Waals surface area contributed by atoms with Crippen molar-refractivity contribution in [1.82, 2.24) is 15.1 Å². The maximum absolute atomic E-state index is 16.0. The van der Waals surface area contributed by atoms with E-state index in [1.54, 1.807) is 93.0 Å². The highest BCUT2D eigenvalue weighted by Gasteiger charge is 2.21. The minimum absolute atomic E-state index is 0.0856. The van der Waals surface area contributed by atoms with Gasteiger partial charge in [0, 0.05) is 29.9 Å². The van der Waals surface area contributed by atoms with Gasteiger partial charge in [-0.3, -0.25) is 9.48 Å². The van der Waals surface area contributed by atoms with Crippen LogP contribution in [0.5, 0.6) is 11.5 Å². The molecule has 1 unspecified atom stereocenters. The summed E-state index contributed by atoms with van der Waals surface area (Å²) in [6.07, 6.45) is 0.996. The molecular formula is C33H36FN3O6. The van der Waals surface area contributed by atoms with Crippen LogP contribution in [-0.2, 0) is 36.2 Å². The second kappa shape index (κ2) is 13.4. The predicted molar refractivity (Wildman–Crippen MR) is 159 cm³/mol. The zero-order valence-corrected chi connectivity index (χ0v) is 24.9. The summed E-state index contributed by atoms with van der Waals surface area (Å²) < 4.78 is 35.1. The number of hydrogen-bond acceptors (Lipinski definition) is 6. The summed E-state index contributed by atoms with van der Waals surface area (Å²) in [5, 5.41) is 16.3. The van der Waals surface area contributed by atoms with Crippen molar-refractivity contribution >= 4 is 12.1 Å². The molecule has 10 heteroatoms. The molecule has 1 heterocycles. The Labute approximate surface area is 250 Å². The van der Waals surface area contributed by atoms with Crippen molar-refractivity contribution in [2.45, 2.75) is 59.0 Å². The van der Waals surface area contributed by atoms with E-state index in [9.17, 15) is 14.7 Å². The Balaban J connectivity index is 1.64. The molecule has 43 heavy (non-hydrogen) atoms. The summed E-state index contributed by atoms with van der Waals surface area (Å²) in [6, 6.07) is 18.4. The van der Waals surface area contributed by atoms with Gasteiger partial charge in [-0.1, -0.05) is 36.4 Å². The van der Waals surface area contributed by atoms with Gasteiger partial charge in [-0.05, 0) is 69.2 Å². The van der Waals surface area contributed by atoms with Crippen molar-refractivity contribution in [2.24, 2.45) is 7.05 Å². The Hall–Kier alpha value is -4.86. The molecule has 3 aromatic carbocycles. The van der Waals surface area contributed by atoms with E-state index in [2.05, 4.69) is 10.4 Å². The van der Waals surface area contributed by atoms with Crippen LogP contribution < -0.4 is 14.8 Å². The highest BCUT2D eigenvalue weighted by Crippen LogP contribution is 2.32. The average Bonchev–Trinajstić information content (AvgIpc) is 3.35. The number of aryl methyl sites for hydroxylation is 1. The van der Waals surface area contributed by atoms with Gasteiger partial charge in [-0.2, -0.15) is 5.10 Å². The fourth-order valence-corrected chi connectivity index (χ4v) is 4.46. The Kier molecular flexibility index (Phi) is 9.70. The number of hydrogen-bond donors (Lipinski definition) is 2. The number of aliphatic carboxylic acids is 1. The number of benzene rings is 3. The number of rotatable bonds is 11. The van der Waals surface area contributed by atoms with E-state index in [0.29, 0.717) is 39.3 Å². The molecule has 0 radical (unpaired) electrons. The SMILES string of the molecule is CC(NC(=O)OC(C)(C)C)c1cccc(-c2cc(COc3ccccc3CC(=O)O)cc(OCc3ccn(C)n3)c2)c1F. The van der Waals surface area contributed by atoms with E-state index >= 15 is 4.39 Å². The maximum Gasteiger partial charge on any atom is 0.408 e. The van der Waals surface area contributed by atoms with Gasteiger partial charge >= 0.3 is 12.1 Å². The molecular weight excluding hydrogens is 553 g/mol. The van der Waals surface area contributed by atoms with Crippen molar-refractivity contribution in [1.29, 1.82) is 0 Å². The molecule has 0 saturated carbocycles. The molecule has 4 aromatic rings. The smallest absolute Gasteiger partial charge is 0.408 e. The molecule has 0 saturated heterocycles. The van der Waals surface area contributed by atoms with Crippen molar-refractivity contribution in [3.8, 4) is 22.6 Å². The molecule has 4 rings (SSSR count). The lowest BCUT2D eigenvalue weighted by Gasteiger charge is -2.22. The van der Waals surface area contributed by atoms with Gasteiger partial charge in [-0.25, -0.2) is 9.18 Å². The van der Waals surface area contributed by atoms with Gasteiger partial charge in [0.25, 0.3) is 0 Å². The van der Waals surface area contributed by atoms with Crippen LogP contribution >= 0.6 is 0 Å². The lowest BCUT2D eigenvalue weighted by atomic mass is 9.97. The molecule has 0 aliphatic carbocycles. The molecule has 0 aliphatic heterocycles. The van der Waals surface area contributed by atoms with Gasteiger partial charge in [-0.15, -0.1) is 0 Å². The number of carboxylic acids is 1. The summed E-state index contributed by atoms with van der Waals surface area (Å²) in [5.41, 5.74) is 2.41. The van der Waals surface area contributed by atoms with Gasteiger partial charge in [0.15, 0.2) is 0 Å². The Morgan fingerprint density at radius 3 is 2.49 bits per heavy atom. The van der Waals surface area contributed by atoms with Crippen LogP contribution in [0.25, 0.3) is 11.1 Å². The number of aromatic nitrogens is 2. The molecule has 1 atom stereocenters. The Morgan fingerprint density at radius 2 is 1.79 bits per heavy atom. The third kappa shape index (κ3) is 8.81. The van der Waals surface area contributed by atoms with E-state index in [1.165, 1.54) is 0 Å². The molecule has 0 spiro atoms. The number of amides is 1. The molecule has 0 fully saturated rings.